The number of fused-ring (bicyclic) bond motifs is 5. The Kier molecular flexibility index (Phi) is 8.46. The molecule has 3 fully saturated rings. The lowest BCUT2D eigenvalue weighted by molar-refractivity contribution is -0.0999. The molecular weight excluding hydrogens is 496 g/mol. The molecule has 0 amide bonds. The summed E-state index contributed by atoms with van der Waals surface area (Å²) in [7, 11) is 0. The summed E-state index contributed by atoms with van der Waals surface area (Å²) in [4.78, 5) is 0. The van der Waals surface area contributed by atoms with E-state index in [2.05, 4.69) is 95.3 Å². The lowest BCUT2D eigenvalue weighted by Crippen LogP contribution is -2.52. The second-order valence-electron chi connectivity index (χ2n) is 15.6. The second-order valence-corrected chi connectivity index (χ2v) is 15.6. The van der Waals surface area contributed by atoms with E-state index < -0.39 is 0 Å². The topological polar surface area (TPSA) is 9.23 Å². The third-order valence-electron chi connectivity index (χ3n) is 13.0. The van der Waals surface area contributed by atoms with Crippen LogP contribution in [-0.4, -0.2) is 0 Å². The number of hydrogen-bond acceptors (Lipinski definition) is 1. The Morgan fingerprint density at radius 1 is 0.805 bits per heavy atom. The fraction of sp³-hybridized carbons (Fsp3) is 0.650. The van der Waals surface area contributed by atoms with Crippen LogP contribution in [0.4, 0.5) is 0 Å². The summed E-state index contributed by atoms with van der Waals surface area (Å²) in [6, 6.07) is 19.4. The fourth-order valence-electron chi connectivity index (χ4n) is 10.7. The predicted octanol–water partition coefficient (Wildman–Crippen LogP) is 11.4. The van der Waals surface area contributed by atoms with Crippen LogP contribution in [0.25, 0.3) is 5.57 Å². The van der Waals surface area contributed by atoms with Gasteiger partial charge in [0.05, 0.1) is 0 Å². The summed E-state index contributed by atoms with van der Waals surface area (Å²) in [6.07, 6.45) is 18.2. The van der Waals surface area contributed by atoms with Gasteiger partial charge in [0.2, 0.25) is 0 Å². The molecule has 0 heterocycles. The van der Waals surface area contributed by atoms with Gasteiger partial charge in [-0.15, -0.1) is 0 Å². The van der Waals surface area contributed by atoms with Gasteiger partial charge in [0, 0.05) is 5.56 Å². The average Bonchev–Trinajstić information content (AvgIpc) is 3.33. The summed E-state index contributed by atoms with van der Waals surface area (Å²) in [5.74, 6) is 7.40. The minimum atomic E-state index is 0.467. The molecule has 0 bridgehead atoms. The van der Waals surface area contributed by atoms with Crippen LogP contribution in [-0.2, 0) is 6.61 Å². The summed E-state index contributed by atoms with van der Waals surface area (Å²) in [6.45, 7) is 13.5. The molecule has 6 rings (SSSR count). The molecule has 8 atom stereocenters. The Hall–Kier alpha value is -2.02. The van der Waals surface area contributed by atoms with E-state index in [0.717, 1.165) is 47.2 Å². The number of hydrogen-bond donors (Lipinski definition) is 0. The van der Waals surface area contributed by atoms with Gasteiger partial charge in [0.15, 0.2) is 0 Å². The fourth-order valence-corrected chi connectivity index (χ4v) is 10.7. The van der Waals surface area contributed by atoms with Crippen molar-refractivity contribution in [1.29, 1.82) is 0 Å². The van der Waals surface area contributed by atoms with Gasteiger partial charge < -0.3 is 4.74 Å². The standard InChI is InChI=1S/C40H56O/c1-28(2)12-11-13-29(3)35-20-21-36-34-19-18-32-26-31(22-24-39(32,4)37(34)23-25-40(35,36)5)33-16-9-10-17-38(33)41-27-30-14-7-6-8-15-30/h6-10,14-17,22,28-29,32,34-37H,11-13,18-21,23-27H2,1-5H3/t29-,32+,34+,35-,36+,37+,39+,40-/m1/s1. The van der Waals surface area contributed by atoms with Crippen LogP contribution < -0.4 is 4.74 Å². The Balaban J connectivity index is 1.15. The van der Waals surface area contributed by atoms with Crippen LogP contribution in [0, 0.1) is 52.3 Å². The van der Waals surface area contributed by atoms with E-state index in [-0.39, 0.29) is 0 Å². The normalized spacial score (nSPS) is 35.3. The van der Waals surface area contributed by atoms with Crippen LogP contribution in [0.15, 0.2) is 60.7 Å². The first kappa shape index (κ1) is 29.1. The number of benzene rings is 2. The molecule has 0 radical (unpaired) electrons. The average molecular weight is 553 g/mol. The summed E-state index contributed by atoms with van der Waals surface area (Å²) in [5, 5.41) is 0. The summed E-state index contributed by atoms with van der Waals surface area (Å²) >= 11 is 0. The van der Waals surface area contributed by atoms with Crippen molar-refractivity contribution >= 4 is 5.57 Å². The van der Waals surface area contributed by atoms with Gasteiger partial charge in [-0.25, -0.2) is 0 Å². The molecular formula is C40H56O. The highest BCUT2D eigenvalue weighted by Crippen LogP contribution is 2.68. The molecule has 0 aliphatic heterocycles. The van der Waals surface area contributed by atoms with E-state index in [1.807, 2.05) is 0 Å². The molecule has 0 spiro atoms. The van der Waals surface area contributed by atoms with E-state index in [1.165, 1.54) is 87.3 Å². The molecule has 1 heteroatoms. The lowest BCUT2D eigenvalue weighted by Gasteiger charge is -2.60. The first-order valence-electron chi connectivity index (χ1n) is 17.2. The minimum Gasteiger partial charge on any atom is -0.488 e. The van der Waals surface area contributed by atoms with Crippen molar-refractivity contribution in [2.45, 2.75) is 112 Å². The van der Waals surface area contributed by atoms with Crippen molar-refractivity contribution in [1.82, 2.24) is 0 Å². The SMILES string of the molecule is CC(C)CCC[C@@H](C)[C@H]1CC[C@H]2[C@@H]3CC[C@H]4CC(c5ccccc5OCc5ccccc5)=CC[C@]4(C)[C@H]3CC[C@]12C. The van der Waals surface area contributed by atoms with Crippen molar-refractivity contribution in [2.75, 3.05) is 0 Å². The molecule has 222 valence electrons. The maximum atomic E-state index is 6.41. The predicted molar refractivity (Wildman–Crippen MR) is 174 cm³/mol. The van der Waals surface area contributed by atoms with Gasteiger partial charge in [-0.3, -0.25) is 0 Å². The second kappa shape index (κ2) is 11.9. The van der Waals surface area contributed by atoms with Crippen molar-refractivity contribution in [3.63, 3.8) is 0 Å². The molecule has 4 aliphatic carbocycles. The van der Waals surface area contributed by atoms with E-state index in [1.54, 1.807) is 0 Å². The van der Waals surface area contributed by atoms with Crippen LogP contribution in [0.5, 0.6) is 5.75 Å². The quantitative estimate of drug-likeness (QED) is 0.300. The summed E-state index contributed by atoms with van der Waals surface area (Å²) in [5.41, 5.74) is 5.15. The van der Waals surface area contributed by atoms with Crippen molar-refractivity contribution < 1.29 is 4.74 Å². The highest BCUT2D eigenvalue weighted by molar-refractivity contribution is 5.71. The molecule has 0 saturated heterocycles. The molecule has 2 aromatic carbocycles. The zero-order valence-corrected chi connectivity index (χ0v) is 26.7. The highest BCUT2D eigenvalue weighted by Gasteiger charge is 2.60. The zero-order chi connectivity index (χ0) is 28.6. The third-order valence-corrected chi connectivity index (χ3v) is 13.0. The molecule has 0 unspecified atom stereocenters. The zero-order valence-electron chi connectivity index (χ0n) is 26.7. The lowest BCUT2D eigenvalue weighted by atomic mass is 9.44. The smallest absolute Gasteiger partial charge is 0.127 e. The molecule has 2 aromatic rings. The van der Waals surface area contributed by atoms with E-state index >= 15 is 0 Å². The van der Waals surface area contributed by atoms with Crippen molar-refractivity contribution in [2.24, 2.45) is 52.3 Å². The van der Waals surface area contributed by atoms with Crippen molar-refractivity contribution in [3.8, 4) is 5.75 Å². The summed E-state index contributed by atoms with van der Waals surface area (Å²) < 4.78 is 6.41. The Labute approximate surface area is 251 Å². The van der Waals surface area contributed by atoms with Gasteiger partial charge >= 0.3 is 0 Å². The Bertz CT molecular complexity index is 1190. The highest BCUT2D eigenvalue weighted by atomic mass is 16.5. The van der Waals surface area contributed by atoms with Crippen LogP contribution in [0.1, 0.15) is 116 Å². The van der Waals surface area contributed by atoms with Gasteiger partial charge in [0.25, 0.3) is 0 Å². The molecule has 1 nitrogen and oxygen atoms in total. The van der Waals surface area contributed by atoms with Crippen molar-refractivity contribution in [3.05, 3.63) is 71.8 Å². The van der Waals surface area contributed by atoms with E-state index in [9.17, 15) is 0 Å². The minimum absolute atomic E-state index is 0.467. The van der Waals surface area contributed by atoms with Gasteiger partial charge in [-0.1, -0.05) is 108 Å². The van der Waals surface area contributed by atoms with E-state index in [4.69, 9.17) is 4.74 Å². The maximum Gasteiger partial charge on any atom is 0.127 e. The first-order valence-corrected chi connectivity index (χ1v) is 17.2. The number of ether oxygens (including phenoxy) is 1. The maximum absolute atomic E-state index is 6.41. The Morgan fingerprint density at radius 2 is 1.56 bits per heavy atom. The number of allylic oxidation sites excluding steroid dienone is 2. The molecule has 3 saturated carbocycles. The van der Waals surface area contributed by atoms with Gasteiger partial charge in [0.1, 0.15) is 12.4 Å². The van der Waals surface area contributed by atoms with Crippen LogP contribution in [0.2, 0.25) is 0 Å². The largest absolute Gasteiger partial charge is 0.488 e. The number of rotatable bonds is 9. The first-order chi connectivity index (χ1) is 19.8. The van der Waals surface area contributed by atoms with E-state index in [0.29, 0.717) is 17.4 Å². The molecule has 41 heavy (non-hydrogen) atoms. The molecule has 0 aromatic heterocycles. The third kappa shape index (κ3) is 5.57. The van der Waals surface area contributed by atoms with Gasteiger partial charge in [-0.2, -0.15) is 0 Å². The molecule has 0 N–H and O–H groups in total. The van der Waals surface area contributed by atoms with Crippen LogP contribution in [0.3, 0.4) is 0 Å². The number of para-hydroxylation sites is 1. The van der Waals surface area contributed by atoms with Crippen LogP contribution >= 0.6 is 0 Å². The Morgan fingerprint density at radius 3 is 2.37 bits per heavy atom. The van der Waals surface area contributed by atoms with Gasteiger partial charge in [-0.05, 0) is 121 Å². The monoisotopic (exact) mass is 552 g/mol. The molecule has 4 aliphatic rings.